The highest BCUT2D eigenvalue weighted by atomic mass is 16.7. The Labute approximate surface area is 720 Å². The molecule has 0 unspecified atom stereocenters. The number of anilines is 6. The third-order valence-electron chi connectivity index (χ3n) is 28.0. The van der Waals surface area contributed by atoms with Crippen LogP contribution < -0.4 is 24.7 Å². The molecule has 20 aromatic carbocycles. The molecule has 1 fully saturated rings. The summed E-state index contributed by atoms with van der Waals surface area (Å²) >= 11 is 0. The van der Waals surface area contributed by atoms with Gasteiger partial charge in [0.2, 0.25) is 0 Å². The number of rotatable bonds is 4. The number of para-hydroxylation sites is 8. The van der Waals surface area contributed by atoms with Gasteiger partial charge >= 0.3 is 7.12 Å². The summed E-state index contributed by atoms with van der Waals surface area (Å²) < 4.78 is 25.0. The van der Waals surface area contributed by atoms with Gasteiger partial charge in [-0.05, 0) is 308 Å². The van der Waals surface area contributed by atoms with E-state index in [4.69, 9.17) is 18.8 Å². The fraction of sp³-hybridized carbons (Fsp3) is 0.0769. The van der Waals surface area contributed by atoms with Crippen molar-refractivity contribution >= 4 is 111 Å². The zero-order valence-electron chi connectivity index (χ0n) is 69.2. The SMILES string of the molecule is CC1(C)OB(c2cccc(N3c4ccccc4Oc4ccccc43)c2)OC1(C)C.Cc1ccc2c(c1)c1ccccc1c1cc3c(cc21)C1(c2ccccc2-c2ccccc21)c1ccccc1-3.c1cc(-c2ccc3c(c2)c2ccccc2c2cc4c(cc32)C2(c3ccccc3-c3ccccc32)c2ccccc2-4)cc(N2c3ccccc3Oc3ccccc32)c1. The lowest BCUT2D eigenvalue weighted by molar-refractivity contribution is 0.00578. The molecule has 1 saturated heterocycles. The van der Waals surface area contributed by atoms with Crippen molar-refractivity contribution < 1.29 is 18.8 Å². The van der Waals surface area contributed by atoms with Gasteiger partial charge in [0, 0.05) is 11.4 Å². The van der Waals surface area contributed by atoms with Crippen molar-refractivity contribution in [1.29, 1.82) is 0 Å². The van der Waals surface area contributed by atoms with Crippen molar-refractivity contribution in [2.45, 2.75) is 56.7 Å². The van der Waals surface area contributed by atoms with E-state index in [1.807, 2.05) is 60.7 Å². The zero-order chi connectivity index (χ0) is 82.5. The van der Waals surface area contributed by atoms with E-state index in [1.54, 1.807) is 0 Å². The Hall–Kier alpha value is -14.9. The maximum Gasteiger partial charge on any atom is 0.494 e. The number of hydrogen-bond donors (Lipinski definition) is 0. The standard InChI is InChI=1S/C55H33NO.C38H24.C24H24BNO3/c1-2-17-38-37(16-1)43-31-35(34-14-13-15-36(30-34)56-51-24-9-11-26-53(51)57-54-27-12-10-25-52(54)56)28-29-39(43)45-33-50-46(32-44(38)45)42-20-5-8-23-49(42)55(50)47-21-6-3-18-40(47)41-19-4-7-22-48(41)55;1-23-18-19-26-30(20-23)24-10-2-3-11-25(24)31-21-33-29-14-6-9-17-36(29)38(37(33)22-32(26)31)34-15-7-4-12-27(34)28-13-5-8-16-35(28)38;1-23(2)24(3,4)29-25(28-23)17-10-9-11-18(16-17)26-19-12-5-7-14-21(19)27-22-15-8-6-13-20(22)26/h1-33H;2-22H,1H3;5-16H,1-4H3. The molecule has 124 heavy (non-hydrogen) atoms. The summed E-state index contributed by atoms with van der Waals surface area (Å²) in [6.07, 6.45) is 0. The highest BCUT2D eigenvalue weighted by molar-refractivity contribution is 6.62. The van der Waals surface area contributed by atoms with E-state index >= 15 is 0 Å². The van der Waals surface area contributed by atoms with Crippen molar-refractivity contribution in [3.05, 3.63) is 450 Å². The predicted molar refractivity (Wildman–Crippen MR) is 512 cm³/mol. The smallest absolute Gasteiger partial charge is 0.453 e. The molecular weight excluding hydrogens is 1510 g/mol. The Morgan fingerprint density at radius 3 is 0.919 bits per heavy atom. The molecule has 0 N–H and O–H groups in total. The van der Waals surface area contributed by atoms with Gasteiger partial charge in [-0.3, -0.25) is 0 Å². The lowest BCUT2D eigenvalue weighted by atomic mass is 9.70. The fourth-order valence-electron chi connectivity index (χ4n) is 22.0. The molecule has 4 aliphatic carbocycles. The summed E-state index contributed by atoms with van der Waals surface area (Å²) in [5, 5.41) is 15.7. The Balaban J connectivity index is 0.000000109. The Morgan fingerprint density at radius 2 is 0.516 bits per heavy atom. The summed E-state index contributed by atoms with van der Waals surface area (Å²) in [5.41, 5.74) is 31.2. The molecule has 0 radical (unpaired) electrons. The number of fused-ring (bicyclic) bond motifs is 36. The molecule has 7 heteroatoms. The summed E-state index contributed by atoms with van der Waals surface area (Å²) in [6, 6.07) is 146. The van der Waals surface area contributed by atoms with Crippen LogP contribution in [0.5, 0.6) is 23.0 Å². The van der Waals surface area contributed by atoms with Crippen LogP contribution in [-0.4, -0.2) is 18.3 Å². The first-order valence-corrected chi connectivity index (χ1v) is 43.2. The average Bonchev–Trinajstić information content (AvgIpc) is 1.51. The molecule has 0 aromatic heterocycles. The average molecular weight is 1590 g/mol. The number of ether oxygens (including phenoxy) is 2. The van der Waals surface area contributed by atoms with Crippen LogP contribution in [0.3, 0.4) is 0 Å². The van der Waals surface area contributed by atoms with E-state index in [0.717, 1.165) is 62.6 Å². The minimum Gasteiger partial charge on any atom is -0.453 e. The minimum absolute atomic E-state index is 0.310. The third kappa shape index (κ3) is 10.3. The lowest BCUT2D eigenvalue weighted by Crippen LogP contribution is -2.41. The van der Waals surface area contributed by atoms with Crippen LogP contribution in [0.2, 0.25) is 0 Å². The molecule has 0 amide bonds. The molecule has 6 nitrogen and oxygen atoms in total. The Bertz CT molecular complexity index is 7780. The van der Waals surface area contributed by atoms with E-state index in [-0.39, 0.29) is 22.0 Å². The monoisotopic (exact) mass is 1590 g/mol. The number of nitrogens with zero attached hydrogens (tertiary/aromatic N) is 2. The van der Waals surface area contributed by atoms with Gasteiger partial charge in [-0.1, -0.05) is 303 Å². The van der Waals surface area contributed by atoms with Crippen molar-refractivity contribution in [2.24, 2.45) is 0 Å². The molecule has 20 aromatic rings. The van der Waals surface area contributed by atoms with E-state index in [9.17, 15) is 0 Å². The molecular formula is C117H81BN2O4. The molecule has 0 bridgehead atoms. The minimum atomic E-state index is -0.397. The summed E-state index contributed by atoms with van der Waals surface area (Å²) in [6.45, 7) is 10.5. The molecule has 0 saturated carbocycles. The maximum absolute atomic E-state index is 6.34. The molecule has 3 aliphatic heterocycles. The molecule has 0 atom stereocenters. The second-order valence-electron chi connectivity index (χ2n) is 35.0. The second-order valence-corrected chi connectivity index (χ2v) is 35.0. The number of hydrogen-bond acceptors (Lipinski definition) is 6. The van der Waals surface area contributed by atoms with Gasteiger partial charge in [-0.25, -0.2) is 0 Å². The highest BCUT2D eigenvalue weighted by Gasteiger charge is 2.55. The first-order valence-electron chi connectivity index (χ1n) is 43.2. The van der Waals surface area contributed by atoms with Crippen LogP contribution in [0.4, 0.5) is 34.1 Å². The van der Waals surface area contributed by atoms with Gasteiger partial charge in [0.25, 0.3) is 0 Å². The first kappa shape index (κ1) is 72.0. The van der Waals surface area contributed by atoms with Gasteiger partial charge in [-0.15, -0.1) is 0 Å². The molecule has 586 valence electrons. The van der Waals surface area contributed by atoms with Crippen molar-refractivity contribution in [1.82, 2.24) is 0 Å². The highest BCUT2D eigenvalue weighted by Crippen LogP contribution is 2.66. The van der Waals surface area contributed by atoms with E-state index in [1.165, 1.54) is 170 Å². The van der Waals surface area contributed by atoms with E-state index < -0.39 is 7.12 Å². The van der Waals surface area contributed by atoms with Gasteiger partial charge in [-0.2, -0.15) is 0 Å². The van der Waals surface area contributed by atoms with E-state index in [2.05, 4.69) is 384 Å². The zero-order valence-corrected chi connectivity index (χ0v) is 69.2. The van der Waals surface area contributed by atoms with Crippen LogP contribution in [0.1, 0.15) is 77.8 Å². The van der Waals surface area contributed by atoms with Gasteiger partial charge in [0.15, 0.2) is 23.0 Å². The molecule has 2 spiro atoms. The van der Waals surface area contributed by atoms with Crippen LogP contribution in [0, 0.1) is 6.92 Å². The van der Waals surface area contributed by atoms with Gasteiger partial charge in [0.1, 0.15) is 0 Å². The van der Waals surface area contributed by atoms with Gasteiger partial charge < -0.3 is 28.6 Å². The van der Waals surface area contributed by atoms with Crippen LogP contribution in [0.15, 0.2) is 400 Å². The van der Waals surface area contributed by atoms with Crippen LogP contribution >= 0.6 is 0 Å². The molecule has 3 heterocycles. The van der Waals surface area contributed by atoms with Crippen LogP contribution in [-0.2, 0) is 20.1 Å². The molecule has 7 aliphatic rings. The summed E-state index contributed by atoms with van der Waals surface area (Å²) in [7, 11) is -0.397. The third-order valence-corrected chi connectivity index (χ3v) is 28.0. The second kappa shape index (κ2) is 27.1. The quantitative estimate of drug-likeness (QED) is 0.129. The number of aryl methyl sites for hydroxylation is 1. The maximum atomic E-state index is 6.34. The Kier molecular flexibility index (Phi) is 15.7. The topological polar surface area (TPSA) is 43.4 Å². The normalized spacial score (nSPS) is 15.1. The Morgan fingerprint density at radius 1 is 0.218 bits per heavy atom. The van der Waals surface area contributed by atoms with Crippen LogP contribution in [0.25, 0.3) is 120 Å². The largest absolute Gasteiger partial charge is 0.494 e. The number of benzene rings is 20. The first-order chi connectivity index (χ1) is 60.9. The summed E-state index contributed by atoms with van der Waals surface area (Å²) in [4.78, 5) is 4.54. The van der Waals surface area contributed by atoms with Crippen molar-refractivity contribution in [2.75, 3.05) is 9.80 Å². The summed E-state index contributed by atoms with van der Waals surface area (Å²) in [5.74, 6) is 3.39. The van der Waals surface area contributed by atoms with Gasteiger partial charge in [0.05, 0.1) is 44.8 Å². The van der Waals surface area contributed by atoms with Crippen molar-refractivity contribution in [3.8, 4) is 78.6 Å². The molecule has 27 rings (SSSR count). The van der Waals surface area contributed by atoms with Crippen molar-refractivity contribution in [3.63, 3.8) is 0 Å². The predicted octanol–water partition coefficient (Wildman–Crippen LogP) is 30.1. The van der Waals surface area contributed by atoms with E-state index in [0.29, 0.717) is 0 Å². The lowest BCUT2D eigenvalue weighted by Gasteiger charge is -2.33. The fourth-order valence-corrected chi connectivity index (χ4v) is 22.0.